The van der Waals surface area contributed by atoms with E-state index in [0.717, 1.165) is 0 Å². The molecule has 0 spiro atoms. The molecule has 10 heteroatoms. The first kappa shape index (κ1) is 27.8. The number of aliphatic hydroxyl groups excluding tert-OH is 1. The lowest BCUT2D eigenvalue weighted by Crippen LogP contribution is -2.56. The van der Waals surface area contributed by atoms with Crippen LogP contribution in [-0.4, -0.2) is 52.6 Å². The summed E-state index contributed by atoms with van der Waals surface area (Å²) in [7, 11) is 0. The molecule has 4 unspecified atom stereocenters. The summed E-state index contributed by atoms with van der Waals surface area (Å²) >= 11 is 6.54. The van der Waals surface area contributed by atoms with Gasteiger partial charge in [0.2, 0.25) is 5.91 Å². The van der Waals surface area contributed by atoms with Crippen molar-refractivity contribution in [1.29, 1.82) is 0 Å². The van der Waals surface area contributed by atoms with Gasteiger partial charge in [-0.3, -0.25) is 4.79 Å². The highest BCUT2D eigenvalue weighted by molar-refractivity contribution is 6.33. The minimum Gasteiger partial charge on any atom is -0.488 e. The number of ether oxygens (including phenoxy) is 2. The predicted octanol–water partition coefficient (Wildman–Crippen LogP) is 3.87. The van der Waals surface area contributed by atoms with Crippen LogP contribution in [0.15, 0.2) is 48.0 Å². The van der Waals surface area contributed by atoms with E-state index in [0.29, 0.717) is 24.9 Å². The summed E-state index contributed by atoms with van der Waals surface area (Å²) in [5, 5.41) is 23.5. The first-order valence-electron chi connectivity index (χ1n) is 13.1. The fourth-order valence-corrected chi connectivity index (χ4v) is 6.44. The molecule has 1 aromatic carbocycles. The molecule has 0 radical (unpaired) electrons. The van der Waals surface area contributed by atoms with Gasteiger partial charge in [0.25, 0.3) is 0 Å². The molecular formula is C29H33ClF2N2O5. The molecule has 4 aliphatic rings. The molecule has 2 heterocycles. The van der Waals surface area contributed by atoms with Crippen LogP contribution in [-0.2, 0) is 16.0 Å². The van der Waals surface area contributed by atoms with Gasteiger partial charge >= 0.3 is 0 Å². The fraction of sp³-hybridized carbons (Fsp3) is 0.483. The van der Waals surface area contributed by atoms with E-state index >= 15 is 8.78 Å². The Hall–Kier alpha value is -2.72. The molecule has 1 saturated heterocycles. The summed E-state index contributed by atoms with van der Waals surface area (Å²) in [5.41, 5.74) is 4.12. The van der Waals surface area contributed by atoms with Crippen molar-refractivity contribution in [3.63, 3.8) is 0 Å². The topological polar surface area (TPSA) is 114 Å². The second kappa shape index (κ2) is 10.4. The second-order valence-electron chi connectivity index (χ2n) is 11.2. The van der Waals surface area contributed by atoms with Gasteiger partial charge in [-0.25, -0.2) is 8.78 Å². The van der Waals surface area contributed by atoms with E-state index in [1.165, 1.54) is 19.1 Å². The molecule has 1 amide bonds. The molecule has 0 aromatic heterocycles. The number of halogens is 3. The highest BCUT2D eigenvalue weighted by atomic mass is 35.5. The Morgan fingerprint density at radius 1 is 1.36 bits per heavy atom. The molecule has 1 fully saturated rings. The van der Waals surface area contributed by atoms with Gasteiger partial charge < -0.3 is 30.7 Å². The minimum atomic E-state index is -1.12. The Kier molecular flexibility index (Phi) is 7.39. The smallest absolute Gasteiger partial charge is 0.225 e. The number of benzene rings is 1. The number of aliphatic hydroxyl groups is 2. The lowest BCUT2D eigenvalue weighted by Gasteiger charge is -2.41. The van der Waals surface area contributed by atoms with E-state index in [4.69, 9.17) is 26.8 Å². The first-order chi connectivity index (χ1) is 18.4. The first-order valence-corrected chi connectivity index (χ1v) is 13.5. The standard InChI is InChI=1S/C29H33ClF2N2O5/c1-15(35)13-38-20-9-8-17(27(33)36)24(26(20)32)23-18-11-29(16-6-4-3-5-7-16,22-12-28(2,37)14-34-22)39-21(18)10-19(31)25(23)30/h3-6,9-10,15-17,22,34-35,37H,7-8,11-14H2,1-2H3,(H2,33,36)/t15-,16?,17?,22?,28?,29-/m0/s1. The van der Waals surface area contributed by atoms with E-state index < -0.39 is 40.8 Å². The van der Waals surface area contributed by atoms with Crippen molar-refractivity contribution in [2.75, 3.05) is 13.2 Å². The van der Waals surface area contributed by atoms with Crippen LogP contribution in [0.3, 0.4) is 0 Å². The molecule has 2 aliphatic carbocycles. The maximum absolute atomic E-state index is 16.1. The maximum atomic E-state index is 16.1. The monoisotopic (exact) mass is 562 g/mol. The maximum Gasteiger partial charge on any atom is 0.225 e. The molecule has 0 saturated carbocycles. The highest BCUT2D eigenvalue weighted by Crippen LogP contribution is 2.53. The number of rotatable bonds is 7. The number of hydrogen-bond donors (Lipinski definition) is 4. The molecule has 39 heavy (non-hydrogen) atoms. The van der Waals surface area contributed by atoms with Gasteiger partial charge in [-0.15, -0.1) is 0 Å². The van der Waals surface area contributed by atoms with Crippen LogP contribution in [0.25, 0.3) is 5.57 Å². The van der Waals surface area contributed by atoms with E-state index in [9.17, 15) is 15.0 Å². The number of nitrogens with one attached hydrogen (secondary N) is 1. The summed E-state index contributed by atoms with van der Waals surface area (Å²) in [6.07, 6.45) is 9.72. The van der Waals surface area contributed by atoms with Gasteiger partial charge in [0, 0.05) is 41.6 Å². The second-order valence-corrected chi connectivity index (χ2v) is 11.6. The van der Waals surface area contributed by atoms with E-state index in [-0.39, 0.29) is 59.1 Å². The van der Waals surface area contributed by atoms with Crippen LogP contribution in [0, 0.1) is 17.7 Å². The highest BCUT2D eigenvalue weighted by Gasteiger charge is 2.55. The number of nitrogens with two attached hydrogens (primary N) is 1. The Morgan fingerprint density at radius 3 is 2.74 bits per heavy atom. The summed E-state index contributed by atoms with van der Waals surface area (Å²) in [6.45, 7) is 3.42. The molecule has 1 aromatic rings. The molecule has 0 bridgehead atoms. The van der Waals surface area contributed by atoms with Crippen LogP contribution < -0.4 is 15.8 Å². The Bertz CT molecular complexity index is 1300. The molecule has 6 atom stereocenters. The number of allylic oxidation sites excluding steroid dienone is 5. The van der Waals surface area contributed by atoms with E-state index in [1.54, 1.807) is 6.92 Å². The largest absolute Gasteiger partial charge is 0.488 e. The number of β-amino-alcohol motifs (C(OH)–C–C–N with tert-alkyl or cyclic N) is 1. The SMILES string of the molecule is C[C@H](O)COC1=CCC(C(N)=O)C(c2c(Cl)c(F)cc3c2C[C@](C2C=CC=CC2)(C2CC(C)(O)CN2)O3)=C1F. The van der Waals surface area contributed by atoms with Crippen LogP contribution in [0.1, 0.15) is 44.2 Å². The zero-order chi connectivity index (χ0) is 28.1. The van der Waals surface area contributed by atoms with Crippen LogP contribution in [0.5, 0.6) is 5.75 Å². The number of primary amides is 1. The Labute approximate surface area is 231 Å². The van der Waals surface area contributed by atoms with Gasteiger partial charge in [0.05, 0.1) is 28.7 Å². The Balaban J connectivity index is 1.66. The number of hydrogen-bond acceptors (Lipinski definition) is 6. The molecule has 7 nitrogen and oxygen atoms in total. The zero-order valence-corrected chi connectivity index (χ0v) is 22.6. The zero-order valence-electron chi connectivity index (χ0n) is 21.8. The Morgan fingerprint density at radius 2 is 2.13 bits per heavy atom. The number of carbonyl (C=O) groups is 1. The third-order valence-corrected chi connectivity index (χ3v) is 8.41. The number of carbonyl (C=O) groups excluding carboxylic acids is 1. The van der Waals surface area contributed by atoms with Crippen molar-refractivity contribution < 1.29 is 33.3 Å². The van der Waals surface area contributed by atoms with Crippen molar-refractivity contribution in [1.82, 2.24) is 5.32 Å². The van der Waals surface area contributed by atoms with Crippen molar-refractivity contribution in [2.45, 2.75) is 62.9 Å². The third-order valence-electron chi connectivity index (χ3n) is 8.04. The fourth-order valence-electron chi connectivity index (χ4n) is 6.17. The lowest BCUT2D eigenvalue weighted by molar-refractivity contribution is -0.120. The van der Waals surface area contributed by atoms with Crippen molar-refractivity contribution >= 4 is 23.1 Å². The van der Waals surface area contributed by atoms with Gasteiger partial charge in [-0.2, -0.15) is 0 Å². The van der Waals surface area contributed by atoms with Crippen LogP contribution >= 0.6 is 11.6 Å². The third kappa shape index (κ3) is 5.01. The van der Waals surface area contributed by atoms with Crippen molar-refractivity contribution in [3.8, 4) is 5.75 Å². The average molecular weight is 563 g/mol. The summed E-state index contributed by atoms with van der Waals surface area (Å²) < 4.78 is 43.5. The molecule has 5 rings (SSSR count). The minimum absolute atomic E-state index is 0.0179. The van der Waals surface area contributed by atoms with Gasteiger partial charge in [-0.1, -0.05) is 35.9 Å². The van der Waals surface area contributed by atoms with E-state index in [2.05, 4.69) is 5.32 Å². The quantitative estimate of drug-likeness (QED) is 0.401. The van der Waals surface area contributed by atoms with Crippen molar-refractivity contribution in [2.24, 2.45) is 17.6 Å². The van der Waals surface area contributed by atoms with Crippen LogP contribution in [0.2, 0.25) is 5.02 Å². The molecular weight excluding hydrogens is 530 g/mol. The van der Waals surface area contributed by atoms with Gasteiger partial charge in [0.15, 0.2) is 11.6 Å². The van der Waals surface area contributed by atoms with Gasteiger partial charge in [-0.05, 0) is 39.2 Å². The van der Waals surface area contributed by atoms with Crippen molar-refractivity contribution in [3.05, 3.63) is 70.0 Å². The summed E-state index contributed by atoms with van der Waals surface area (Å²) in [4.78, 5) is 12.5. The number of fused-ring (bicyclic) bond motifs is 1. The van der Waals surface area contributed by atoms with Gasteiger partial charge in [0.1, 0.15) is 23.8 Å². The molecule has 210 valence electrons. The summed E-state index contributed by atoms with van der Waals surface area (Å²) in [6, 6.07) is 0.886. The lowest BCUT2D eigenvalue weighted by atomic mass is 9.72. The molecule has 5 N–H and O–H groups in total. The van der Waals surface area contributed by atoms with E-state index in [1.807, 2.05) is 24.3 Å². The molecule has 2 aliphatic heterocycles. The van der Waals surface area contributed by atoms with Crippen LogP contribution in [0.4, 0.5) is 8.78 Å². The summed E-state index contributed by atoms with van der Waals surface area (Å²) in [5.74, 6) is -3.73. The normalized spacial score (nSPS) is 32.6. The average Bonchev–Trinajstić information content (AvgIpc) is 3.45. The number of amides is 1. The predicted molar refractivity (Wildman–Crippen MR) is 143 cm³/mol.